The highest BCUT2D eigenvalue weighted by atomic mass is 32.2. The van der Waals surface area contributed by atoms with E-state index in [1.807, 2.05) is 0 Å². The van der Waals surface area contributed by atoms with Crippen molar-refractivity contribution in [2.24, 2.45) is 0 Å². The second-order valence-electron chi connectivity index (χ2n) is 4.09. The Morgan fingerprint density at radius 3 is 2.61 bits per heavy atom. The van der Waals surface area contributed by atoms with Crippen LogP contribution in [0.2, 0.25) is 0 Å². The van der Waals surface area contributed by atoms with Gasteiger partial charge in [0.15, 0.2) is 0 Å². The summed E-state index contributed by atoms with van der Waals surface area (Å²) in [4.78, 5) is 12.3. The fraction of sp³-hybridized carbons (Fsp3) is 0.500. The number of carbonyl (C=O) groups excluding carboxylic acids is 1. The van der Waals surface area contributed by atoms with E-state index in [4.69, 9.17) is 0 Å². The van der Waals surface area contributed by atoms with Crippen LogP contribution >= 0.6 is 11.8 Å². The highest BCUT2D eigenvalue weighted by Crippen LogP contribution is 2.19. The Balaban J connectivity index is 2.29. The fourth-order valence-corrected chi connectivity index (χ4v) is 2.35. The quantitative estimate of drug-likeness (QED) is 0.561. The van der Waals surface area contributed by atoms with Gasteiger partial charge in [0, 0.05) is 30.7 Å². The molecule has 0 bridgehead atoms. The third kappa shape index (κ3) is 6.07. The van der Waals surface area contributed by atoms with Crippen molar-refractivity contribution in [3.8, 4) is 0 Å². The van der Waals surface area contributed by atoms with E-state index in [2.05, 4.69) is 41.8 Å². The first-order chi connectivity index (χ1) is 8.76. The van der Waals surface area contributed by atoms with E-state index >= 15 is 0 Å². The molecule has 0 spiro atoms. The second kappa shape index (κ2) is 9.00. The van der Waals surface area contributed by atoms with Gasteiger partial charge in [-0.1, -0.05) is 19.1 Å². The Labute approximate surface area is 114 Å². The molecule has 0 heterocycles. The molecular formula is C14H22N2OS. The summed E-state index contributed by atoms with van der Waals surface area (Å²) in [6.45, 7) is 4.15. The molecule has 0 aliphatic heterocycles. The number of benzene rings is 1. The van der Waals surface area contributed by atoms with Crippen molar-refractivity contribution in [2.45, 2.75) is 31.2 Å². The van der Waals surface area contributed by atoms with Crippen LogP contribution in [0, 0.1) is 0 Å². The van der Waals surface area contributed by atoms with Crippen molar-refractivity contribution in [3.63, 3.8) is 0 Å². The van der Waals surface area contributed by atoms with E-state index in [1.165, 1.54) is 10.5 Å². The van der Waals surface area contributed by atoms with Crippen molar-refractivity contribution in [3.05, 3.63) is 29.8 Å². The summed E-state index contributed by atoms with van der Waals surface area (Å²) in [5.74, 6) is 0.926. The molecule has 1 aromatic rings. The molecule has 0 atom stereocenters. The van der Waals surface area contributed by atoms with Gasteiger partial charge in [0.2, 0.25) is 5.91 Å². The Hall–Kier alpha value is -1.00. The summed E-state index contributed by atoms with van der Waals surface area (Å²) in [6, 6.07) is 8.53. The molecule has 0 aliphatic rings. The van der Waals surface area contributed by atoms with Gasteiger partial charge in [-0.05, 0) is 30.7 Å². The van der Waals surface area contributed by atoms with Gasteiger partial charge in [-0.25, -0.2) is 0 Å². The lowest BCUT2D eigenvalue weighted by atomic mass is 10.2. The van der Waals surface area contributed by atoms with Gasteiger partial charge in [0.25, 0.3) is 0 Å². The summed E-state index contributed by atoms with van der Waals surface area (Å²) in [5.41, 5.74) is 1.30. The van der Waals surface area contributed by atoms with Crippen LogP contribution in [-0.2, 0) is 11.3 Å². The monoisotopic (exact) mass is 266 g/mol. The van der Waals surface area contributed by atoms with E-state index in [0.717, 1.165) is 25.3 Å². The number of hydrogen-bond acceptors (Lipinski definition) is 3. The zero-order valence-corrected chi connectivity index (χ0v) is 12.0. The van der Waals surface area contributed by atoms with Crippen molar-refractivity contribution >= 4 is 17.7 Å². The average Bonchev–Trinajstić information content (AvgIpc) is 2.40. The summed E-state index contributed by atoms with van der Waals surface area (Å²) in [6.07, 6.45) is 1.73. The molecule has 0 unspecified atom stereocenters. The van der Waals surface area contributed by atoms with Crippen LogP contribution in [0.3, 0.4) is 0 Å². The first-order valence-electron chi connectivity index (χ1n) is 6.39. The molecule has 0 saturated carbocycles. The van der Waals surface area contributed by atoms with Gasteiger partial charge in [0.1, 0.15) is 0 Å². The molecule has 0 fully saturated rings. The maximum atomic E-state index is 11.1. The first-order valence-corrected chi connectivity index (χ1v) is 7.38. The second-order valence-corrected chi connectivity index (χ2v) is 5.26. The standard InChI is InChI=1S/C14H22N2OS/c1-3-9-16-11-12-4-6-13(7-5-12)18-10-8-14(17)15-2/h4-7,16H,3,8-11H2,1-2H3,(H,15,17). The van der Waals surface area contributed by atoms with Gasteiger partial charge in [-0.3, -0.25) is 4.79 Å². The third-order valence-corrected chi connectivity index (χ3v) is 3.57. The van der Waals surface area contributed by atoms with Crippen LogP contribution in [0.5, 0.6) is 0 Å². The number of thioether (sulfide) groups is 1. The number of hydrogen-bond donors (Lipinski definition) is 2. The average molecular weight is 266 g/mol. The zero-order valence-electron chi connectivity index (χ0n) is 11.2. The number of nitrogens with one attached hydrogen (secondary N) is 2. The smallest absolute Gasteiger partial charge is 0.220 e. The van der Waals surface area contributed by atoms with Gasteiger partial charge in [0.05, 0.1) is 0 Å². The maximum Gasteiger partial charge on any atom is 0.220 e. The largest absolute Gasteiger partial charge is 0.359 e. The van der Waals surface area contributed by atoms with E-state index in [9.17, 15) is 4.79 Å². The van der Waals surface area contributed by atoms with E-state index in [-0.39, 0.29) is 5.91 Å². The lowest BCUT2D eigenvalue weighted by Crippen LogP contribution is -2.17. The summed E-state index contributed by atoms with van der Waals surface area (Å²) < 4.78 is 0. The van der Waals surface area contributed by atoms with Gasteiger partial charge >= 0.3 is 0 Å². The maximum absolute atomic E-state index is 11.1. The first kappa shape index (κ1) is 15.1. The van der Waals surface area contributed by atoms with Crippen LogP contribution in [0.15, 0.2) is 29.2 Å². The van der Waals surface area contributed by atoms with Crippen LogP contribution in [-0.4, -0.2) is 25.3 Å². The third-order valence-electron chi connectivity index (χ3n) is 2.56. The van der Waals surface area contributed by atoms with Gasteiger partial charge in [-0.2, -0.15) is 0 Å². The summed E-state index contributed by atoms with van der Waals surface area (Å²) in [7, 11) is 1.67. The highest BCUT2D eigenvalue weighted by Gasteiger charge is 1.99. The molecule has 18 heavy (non-hydrogen) atoms. The minimum absolute atomic E-state index is 0.0999. The highest BCUT2D eigenvalue weighted by molar-refractivity contribution is 7.99. The van der Waals surface area contributed by atoms with Crippen molar-refractivity contribution in [2.75, 3.05) is 19.3 Å². The van der Waals surface area contributed by atoms with E-state index in [1.54, 1.807) is 18.8 Å². The number of carbonyl (C=O) groups is 1. The SMILES string of the molecule is CCCNCc1ccc(SCCC(=O)NC)cc1. The van der Waals surface area contributed by atoms with Crippen LogP contribution < -0.4 is 10.6 Å². The van der Waals surface area contributed by atoms with Gasteiger partial charge < -0.3 is 10.6 Å². The number of amides is 1. The lowest BCUT2D eigenvalue weighted by molar-refractivity contribution is -0.120. The molecular weight excluding hydrogens is 244 g/mol. The molecule has 0 radical (unpaired) electrons. The minimum atomic E-state index is 0.0999. The molecule has 0 aromatic heterocycles. The van der Waals surface area contributed by atoms with Crippen molar-refractivity contribution < 1.29 is 4.79 Å². The fourth-order valence-electron chi connectivity index (χ4n) is 1.50. The summed E-state index contributed by atoms with van der Waals surface area (Å²) in [5, 5.41) is 6.01. The Morgan fingerprint density at radius 2 is 2.00 bits per heavy atom. The van der Waals surface area contributed by atoms with Crippen LogP contribution in [0.25, 0.3) is 0 Å². The predicted molar refractivity (Wildman–Crippen MR) is 77.8 cm³/mol. The molecule has 2 N–H and O–H groups in total. The Bertz CT molecular complexity index is 351. The lowest BCUT2D eigenvalue weighted by Gasteiger charge is -2.05. The molecule has 0 saturated heterocycles. The molecule has 1 aromatic carbocycles. The van der Waals surface area contributed by atoms with Crippen LogP contribution in [0.4, 0.5) is 0 Å². The zero-order chi connectivity index (χ0) is 13.2. The molecule has 3 nitrogen and oxygen atoms in total. The Morgan fingerprint density at radius 1 is 1.28 bits per heavy atom. The van der Waals surface area contributed by atoms with E-state index in [0.29, 0.717) is 6.42 Å². The van der Waals surface area contributed by atoms with Crippen molar-refractivity contribution in [1.29, 1.82) is 0 Å². The number of rotatable bonds is 8. The predicted octanol–water partition coefficient (Wildman–Crippen LogP) is 2.41. The molecule has 0 aliphatic carbocycles. The van der Waals surface area contributed by atoms with E-state index < -0.39 is 0 Å². The molecule has 100 valence electrons. The van der Waals surface area contributed by atoms with Crippen LogP contribution in [0.1, 0.15) is 25.3 Å². The summed E-state index contributed by atoms with van der Waals surface area (Å²) >= 11 is 1.72. The van der Waals surface area contributed by atoms with Crippen molar-refractivity contribution in [1.82, 2.24) is 10.6 Å². The normalized spacial score (nSPS) is 10.3. The molecule has 1 amide bonds. The molecule has 1 rings (SSSR count). The Kier molecular flexibility index (Phi) is 7.53. The minimum Gasteiger partial charge on any atom is -0.359 e. The van der Waals surface area contributed by atoms with Gasteiger partial charge in [-0.15, -0.1) is 11.8 Å². The topological polar surface area (TPSA) is 41.1 Å². The molecule has 4 heteroatoms.